The zero-order valence-corrected chi connectivity index (χ0v) is 15.2. The number of thiazole rings is 1. The lowest BCUT2D eigenvalue weighted by atomic mass is 10.1. The Hall–Kier alpha value is -1.87. The van der Waals surface area contributed by atoms with Crippen molar-refractivity contribution in [3.8, 4) is 10.4 Å². The third-order valence-corrected chi connectivity index (χ3v) is 5.88. The normalized spacial score (nSPS) is 11.5. The summed E-state index contributed by atoms with van der Waals surface area (Å²) in [5.41, 5.74) is 6.61. The van der Waals surface area contributed by atoms with Crippen LogP contribution in [0.25, 0.3) is 20.7 Å². The van der Waals surface area contributed by atoms with Gasteiger partial charge in [-0.3, -0.25) is 0 Å². The Morgan fingerprint density at radius 1 is 1.12 bits per heavy atom. The predicted octanol–water partition coefficient (Wildman–Crippen LogP) is 4.29. The summed E-state index contributed by atoms with van der Waals surface area (Å²) in [7, 11) is 0. The maximum atomic E-state index is 14.9. The minimum atomic E-state index is -0.283. The van der Waals surface area contributed by atoms with Gasteiger partial charge in [-0.25, -0.2) is 9.37 Å². The second kappa shape index (κ2) is 6.80. The van der Waals surface area contributed by atoms with Crippen LogP contribution in [0, 0.1) is 5.82 Å². The summed E-state index contributed by atoms with van der Waals surface area (Å²) in [6, 6.07) is 7.12. The quantitative estimate of drug-likeness (QED) is 0.546. The van der Waals surface area contributed by atoms with E-state index in [1.807, 2.05) is 12.1 Å². The molecule has 4 rings (SSSR count). The summed E-state index contributed by atoms with van der Waals surface area (Å²) in [5.74, 6) is 0.670. The average Bonchev–Trinajstić information content (AvgIpc) is 3.29. The number of rotatable bonds is 5. The fraction of sp³-hybridized carbons (Fsp3) is 0.188. The summed E-state index contributed by atoms with van der Waals surface area (Å²) in [6.07, 6.45) is 0.907. The molecule has 0 spiro atoms. The van der Waals surface area contributed by atoms with Crippen molar-refractivity contribution in [2.24, 2.45) is 5.73 Å². The highest BCUT2D eigenvalue weighted by atomic mass is 35.5. The maximum Gasteiger partial charge on any atom is 0.223 e. The highest BCUT2D eigenvalue weighted by molar-refractivity contribution is 7.20. The number of benzene rings is 1. The first-order valence-corrected chi connectivity index (χ1v) is 9.50. The van der Waals surface area contributed by atoms with E-state index in [1.54, 1.807) is 12.1 Å². The van der Waals surface area contributed by atoms with E-state index in [2.05, 4.69) is 15.2 Å². The molecule has 0 saturated heterocycles. The Bertz CT molecular complexity index is 1040. The van der Waals surface area contributed by atoms with Gasteiger partial charge in [0.25, 0.3) is 0 Å². The van der Waals surface area contributed by atoms with Crippen molar-refractivity contribution in [3.05, 3.63) is 51.2 Å². The number of thiophene rings is 1. The van der Waals surface area contributed by atoms with E-state index in [4.69, 9.17) is 21.8 Å². The minimum absolute atomic E-state index is 0.283. The monoisotopic (exact) mass is 394 g/mol. The molecule has 4 aromatic rings. The number of nitrogens with two attached hydrogens (primary N) is 1. The Balaban J connectivity index is 1.66. The molecule has 0 aliphatic rings. The molecule has 3 heterocycles. The lowest BCUT2D eigenvalue weighted by Crippen LogP contribution is -2.02. The molecule has 0 radical (unpaired) electrons. The van der Waals surface area contributed by atoms with Crippen LogP contribution < -0.4 is 5.73 Å². The first-order chi connectivity index (χ1) is 12.1. The van der Waals surface area contributed by atoms with Gasteiger partial charge in [0, 0.05) is 23.4 Å². The minimum Gasteiger partial charge on any atom is -0.425 e. The number of hydrogen-bond donors (Lipinski definition) is 1. The first kappa shape index (κ1) is 16.6. The van der Waals surface area contributed by atoms with Crippen LogP contribution in [0.15, 0.2) is 28.7 Å². The van der Waals surface area contributed by atoms with Gasteiger partial charge in [0.15, 0.2) is 5.82 Å². The maximum absolute atomic E-state index is 14.9. The Labute approximate surface area is 155 Å². The largest absolute Gasteiger partial charge is 0.425 e. The van der Waals surface area contributed by atoms with Crippen molar-refractivity contribution in [1.82, 2.24) is 15.2 Å². The van der Waals surface area contributed by atoms with Crippen molar-refractivity contribution in [3.63, 3.8) is 0 Å². The molecule has 25 heavy (non-hydrogen) atoms. The van der Waals surface area contributed by atoms with E-state index in [-0.39, 0.29) is 5.82 Å². The van der Waals surface area contributed by atoms with Gasteiger partial charge in [-0.1, -0.05) is 11.6 Å². The Morgan fingerprint density at radius 3 is 2.72 bits per heavy atom. The Morgan fingerprint density at radius 2 is 1.96 bits per heavy atom. The molecule has 0 unspecified atom stereocenters. The molecule has 128 valence electrons. The smallest absolute Gasteiger partial charge is 0.223 e. The van der Waals surface area contributed by atoms with E-state index in [1.165, 1.54) is 22.7 Å². The highest BCUT2D eigenvalue weighted by Crippen LogP contribution is 2.37. The van der Waals surface area contributed by atoms with Crippen LogP contribution in [0.4, 0.5) is 4.39 Å². The van der Waals surface area contributed by atoms with Crippen molar-refractivity contribution in [1.29, 1.82) is 0 Å². The molecule has 5 nitrogen and oxygen atoms in total. The summed E-state index contributed by atoms with van der Waals surface area (Å²) in [4.78, 5) is 5.26. The van der Waals surface area contributed by atoms with Crippen LogP contribution in [0.1, 0.15) is 16.8 Å². The zero-order chi connectivity index (χ0) is 17.4. The van der Waals surface area contributed by atoms with Gasteiger partial charge >= 0.3 is 0 Å². The van der Waals surface area contributed by atoms with Crippen molar-refractivity contribution in [2.45, 2.75) is 12.8 Å². The highest BCUT2D eigenvalue weighted by Gasteiger charge is 2.16. The average molecular weight is 395 g/mol. The van der Waals surface area contributed by atoms with Gasteiger partial charge in [-0.2, -0.15) is 0 Å². The molecular weight excluding hydrogens is 383 g/mol. The number of nitrogens with zero attached hydrogens (tertiary/aromatic N) is 3. The van der Waals surface area contributed by atoms with Crippen LogP contribution in [-0.2, 0) is 12.8 Å². The van der Waals surface area contributed by atoms with Crippen LogP contribution in [0.2, 0.25) is 4.34 Å². The molecular formula is C16H12ClFN4OS2. The van der Waals surface area contributed by atoms with Gasteiger partial charge in [-0.15, -0.1) is 32.9 Å². The third kappa shape index (κ3) is 3.30. The van der Waals surface area contributed by atoms with E-state index >= 15 is 0 Å². The van der Waals surface area contributed by atoms with Crippen LogP contribution >= 0.6 is 34.3 Å². The van der Waals surface area contributed by atoms with Crippen LogP contribution in [0.3, 0.4) is 0 Å². The molecule has 3 aromatic heterocycles. The molecule has 0 fully saturated rings. The molecule has 0 aliphatic carbocycles. The standard InChI is InChI=1S/C16H12ClFN4OS2/c17-11-4-3-10(24-11)8-1-2-9-16(15(8)18)25-14(20-9)7-13-22-21-12(23-13)5-6-19/h1-4H,5-7,19H2. The predicted molar refractivity (Wildman–Crippen MR) is 97.8 cm³/mol. The van der Waals surface area contributed by atoms with E-state index in [9.17, 15) is 4.39 Å². The van der Waals surface area contributed by atoms with E-state index in [0.717, 1.165) is 9.88 Å². The summed E-state index contributed by atoms with van der Waals surface area (Å²) >= 11 is 8.59. The van der Waals surface area contributed by atoms with Gasteiger partial charge < -0.3 is 10.2 Å². The third-order valence-electron chi connectivity index (χ3n) is 3.55. The number of fused-ring (bicyclic) bond motifs is 1. The lowest BCUT2D eigenvalue weighted by molar-refractivity contribution is 0.458. The SMILES string of the molecule is NCCc1nnc(Cc2nc3ccc(-c4ccc(Cl)s4)c(F)c3s2)o1. The molecule has 9 heteroatoms. The zero-order valence-electron chi connectivity index (χ0n) is 12.8. The fourth-order valence-corrected chi connectivity index (χ4v) is 4.50. The second-order valence-electron chi connectivity index (χ2n) is 5.29. The fourth-order valence-electron chi connectivity index (χ4n) is 2.44. The lowest BCUT2D eigenvalue weighted by Gasteiger charge is -2.00. The molecule has 0 atom stereocenters. The van der Waals surface area contributed by atoms with Gasteiger partial charge in [0.2, 0.25) is 11.8 Å². The summed E-state index contributed by atoms with van der Waals surface area (Å²) in [6.45, 7) is 0.448. The van der Waals surface area contributed by atoms with Crippen LogP contribution in [-0.4, -0.2) is 21.7 Å². The van der Waals surface area contributed by atoms with Crippen molar-refractivity contribution < 1.29 is 8.81 Å². The molecule has 0 aliphatic heterocycles. The van der Waals surface area contributed by atoms with E-state index < -0.39 is 0 Å². The number of aromatic nitrogens is 3. The number of halogens is 2. The number of hydrogen-bond acceptors (Lipinski definition) is 7. The molecule has 0 saturated carbocycles. The van der Waals surface area contributed by atoms with Gasteiger partial charge in [-0.05, 0) is 24.3 Å². The van der Waals surface area contributed by atoms with Gasteiger partial charge in [0.1, 0.15) is 5.01 Å². The van der Waals surface area contributed by atoms with Crippen molar-refractivity contribution in [2.75, 3.05) is 6.54 Å². The second-order valence-corrected chi connectivity index (χ2v) is 8.09. The molecule has 0 amide bonds. The van der Waals surface area contributed by atoms with Crippen LogP contribution in [0.5, 0.6) is 0 Å². The van der Waals surface area contributed by atoms with E-state index in [0.29, 0.717) is 51.3 Å². The molecule has 1 aromatic carbocycles. The van der Waals surface area contributed by atoms with Gasteiger partial charge in [0.05, 0.1) is 21.0 Å². The topological polar surface area (TPSA) is 77.8 Å². The summed E-state index contributed by atoms with van der Waals surface area (Å²) < 4.78 is 21.5. The first-order valence-electron chi connectivity index (χ1n) is 7.49. The summed E-state index contributed by atoms with van der Waals surface area (Å²) in [5, 5.41) is 8.62. The Kier molecular flexibility index (Phi) is 4.51. The molecule has 0 bridgehead atoms. The van der Waals surface area contributed by atoms with Crippen molar-refractivity contribution >= 4 is 44.5 Å². The molecule has 2 N–H and O–H groups in total.